The van der Waals surface area contributed by atoms with Crippen molar-refractivity contribution in [2.75, 3.05) is 19.6 Å². The van der Waals surface area contributed by atoms with Crippen LogP contribution < -0.4 is 10.5 Å². The van der Waals surface area contributed by atoms with Gasteiger partial charge in [0.25, 0.3) is 10.2 Å². The Morgan fingerprint density at radius 1 is 1.18 bits per heavy atom. The van der Waals surface area contributed by atoms with Crippen molar-refractivity contribution in [3.05, 3.63) is 0 Å². The lowest BCUT2D eigenvalue weighted by Gasteiger charge is -2.27. The summed E-state index contributed by atoms with van der Waals surface area (Å²) in [7, 11) is -3.28. The van der Waals surface area contributed by atoms with Gasteiger partial charge in [-0.15, -0.1) is 0 Å². The fraction of sp³-hybridized carbons (Fsp3) is 1.00. The van der Waals surface area contributed by atoms with Gasteiger partial charge < -0.3 is 5.73 Å². The molecule has 0 aromatic carbocycles. The summed E-state index contributed by atoms with van der Waals surface area (Å²) in [6.07, 6.45) is 4.08. The topological polar surface area (TPSA) is 75.4 Å². The van der Waals surface area contributed by atoms with Gasteiger partial charge >= 0.3 is 0 Å². The first-order valence-corrected chi connectivity index (χ1v) is 7.93. The number of hydrogen-bond donors (Lipinski definition) is 2. The third kappa shape index (κ3) is 4.54. The molecule has 0 saturated heterocycles. The van der Waals surface area contributed by atoms with E-state index in [2.05, 4.69) is 4.72 Å². The minimum Gasteiger partial charge on any atom is -0.328 e. The number of nitrogens with one attached hydrogen (secondary N) is 1. The first-order valence-electron chi connectivity index (χ1n) is 6.49. The minimum atomic E-state index is -3.28. The van der Waals surface area contributed by atoms with Gasteiger partial charge in [-0.25, -0.2) is 4.72 Å². The van der Waals surface area contributed by atoms with E-state index in [0.29, 0.717) is 31.6 Å². The molecule has 102 valence electrons. The van der Waals surface area contributed by atoms with E-state index in [-0.39, 0.29) is 0 Å². The molecule has 3 N–H and O–H groups in total. The first kappa shape index (κ1) is 14.9. The van der Waals surface area contributed by atoms with E-state index in [9.17, 15) is 8.42 Å². The summed E-state index contributed by atoms with van der Waals surface area (Å²) in [6.45, 7) is 5.28. The highest BCUT2D eigenvalue weighted by Crippen LogP contribution is 2.22. The number of hydrogen-bond acceptors (Lipinski definition) is 3. The van der Waals surface area contributed by atoms with Crippen LogP contribution in [-0.4, -0.2) is 38.4 Å². The molecule has 0 unspecified atom stereocenters. The van der Waals surface area contributed by atoms with Crippen LogP contribution in [0.3, 0.4) is 0 Å². The van der Waals surface area contributed by atoms with E-state index in [1.807, 2.05) is 13.8 Å². The van der Waals surface area contributed by atoms with Crippen LogP contribution in [0.2, 0.25) is 0 Å². The molecule has 0 aromatic rings. The molecule has 1 rings (SSSR count). The Kier molecular flexibility index (Phi) is 5.85. The summed E-state index contributed by atoms with van der Waals surface area (Å²) >= 11 is 0. The fourth-order valence-corrected chi connectivity index (χ4v) is 3.58. The minimum absolute atomic E-state index is 0.311. The maximum Gasteiger partial charge on any atom is 0.279 e. The normalized spacial score (nSPS) is 26.4. The summed E-state index contributed by atoms with van der Waals surface area (Å²) in [5.41, 5.74) is 5.82. The Morgan fingerprint density at radius 3 is 2.18 bits per heavy atom. The first-order chi connectivity index (χ1) is 7.99. The largest absolute Gasteiger partial charge is 0.328 e. The second-order valence-electron chi connectivity index (χ2n) is 4.72. The van der Waals surface area contributed by atoms with E-state index >= 15 is 0 Å². The molecular formula is C11H25N3O2S. The highest BCUT2D eigenvalue weighted by molar-refractivity contribution is 7.87. The van der Waals surface area contributed by atoms with Crippen molar-refractivity contribution in [3.8, 4) is 0 Å². The Hall–Kier alpha value is -0.170. The Labute approximate surface area is 105 Å². The van der Waals surface area contributed by atoms with Crippen molar-refractivity contribution in [3.63, 3.8) is 0 Å². The zero-order valence-electron chi connectivity index (χ0n) is 10.9. The predicted molar refractivity (Wildman–Crippen MR) is 69.8 cm³/mol. The van der Waals surface area contributed by atoms with E-state index in [1.165, 1.54) is 4.31 Å². The van der Waals surface area contributed by atoms with Gasteiger partial charge in [0.2, 0.25) is 0 Å². The summed E-state index contributed by atoms with van der Waals surface area (Å²) in [6, 6.07) is 0.311. The second kappa shape index (κ2) is 6.68. The van der Waals surface area contributed by atoms with Crippen molar-refractivity contribution in [1.29, 1.82) is 0 Å². The van der Waals surface area contributed by atoms with Crippen molar-refractivity contribution in [2.24, 2.45) is 11.7 Å². The van der Waals surface area contributed by atoms with Gasteiger partial charge in [0.1, 0.15) is 0 Å². The van der Waals surface area contributed by atoms with Gasteiger partial charge in [-0.05, 0) is 31.6 Å². The van der Waals surface area contributed by atoms with Gasteiger partial charge in [0.05, 0.1) is 0 Å². The number of nitrogens with zero attached hydrogens (tertiary/aromatic N) is 1. The molecule has 0 amide bonds. The van der Waals surface area contributed by atoms with Gasteiger partial charge in [0.15, 0.2) is 0 Å². The molecule has 1 fully saturated rings. The van der Waals surface area contributed by atoms with Crippen molar-refractivity contribution < 1.29 is 8.42 Å². The van der Waals surface area contributed by atoms with Gasteiger partial charge in [0, 0.05) is 25.7 Å². The molecule has 17 heavy (non-hydrogen) atoms. The van der Waals surface area contributed by atoms with Gasteiger partial charge in [-0.3, -0.25) is 0 Å². The van der Waals surface area contributed by atoms with Gasteiger partial charge in [-0.2, -0.15) is 12.7 Å². The maximum atomic E-state index is 11.9. The summed E-state index contributed by atoms with van der Waals surface area (Å²) in [5, 5.41) is 0. The maximum absolute atomic E-state index is 11.9. The molecule has 6 heteroatoms. The second-order valence-corrected chi connectivity index (χ2v) is 6.47. The summed E-state index contributed by atoms with van der Waals surface area (Å²) in [5.74, 6) is 0.445. The molecule has 0 atom stereocenters. The molecule has 0 bridgehead atoms. The molecule has 1 aliphatic rings. The van der Waals surface area contributed by atoms with E-state index < -0.39 is 10.2 Å². The molecule has 0 heterocycles. The zero-order valence-corrected chi connectivity index (χ0v) is 11.7. The molecule has 5 nitrogen and oxygen atoms in total. The van der Waals surface area contributed by atoms with Crippen molar-refractivity contribution >= 4 is 10.2 Å². The Bertz CT molecular complexity index is 307. The standard InChI is InChI=1S/C11H25N3O2S/c1-3-14(4-2)17(15,16)13-9-10-5-7-11(12)8-6-10/h10-11,13H,3-9,12H2,1-2H3. The van der Waals surface area contributed by atoms with Crippen molar-refractivity contribution in [2.45, 2.75) is 45.6 Å². The predicted octanol–water partition coefficient (Wildman–Crippen LogP) is 0.680. The fourth-order valence-electron chi connectivity index (χ4n) is 2.27. The SMILES string of the molecule is CCN(CC)S(=O)(=O)NCC1CCC(N)CC1. The van der Waals surface area contributed by atoms with Crippen LogP contribution in [0, 0.1) is 5.92 Å². The highest BCUT2D eigenvalue weighted by atomic mass is 32.2. The Morgan fingerprint density at radius 2 is 1.71 bits per heavy atom. The lowest BCUT2D eigenvalue weighted by atomic mass is 9.87. The van der Waals surface area contributed by atoms with Crippen LogP contribution in [-0.2, 0) is 10.2 Å². The third-order valence-electron chi connectivity index (χ3n) is 3.49. The molecule has 1 saturated carbocycles. The molecule has 0 radical (unpaired) electrons. The van der Waals surface area contributed by atoms with Crippen LogP contribution >= 0.6 is 0 Å². The summed E-state index contributed by atoms with van der Waals surface area (Å²) < 4.78 is 27.9. The van der Waals surface area contributed by atoms with Crippen LogP contribution in [0.5, 0.6) is 0 Å². The number of rotatable bonds is 6. The third-order valence-corrected chi connectivity index (χ3v) is 5.22. The van der Waals surface area contributed by atoms with E-state index in [0.717, 1.165) is 25.7 Å². The van der Waals surface area contributed by atoms with Gasteiger partial charge in [-0.1, -0.05) is 13.8 Å². The van der Waals surface area contributed by atoms with Crippen LogP contribution in [0.1, 0.15) is 39.5 Å². The summed E-state index contributed by atoms with van der Waals surface area (Å²) in [4.78, 5) is 0. The molecular weight excluding hydrogens is 238 g/mol. The van der Waals surface area contributed by atoms with E-state index in [4.69, 9.17) is 5.73 Å². The van der Waals surface area contributed by atoms with E-state index in [1.54, 1.807) is 0 Å². The monoisotopic (exact) mass is 263 g/mol. The van der Waals surface area contributed by atoms with Crippen LogP contribution in [0.15, 0.2) is 0 Å². The molecule has 0 aromatic heterocycles. The zero-order chi connectivity index (χ0) is 12.9. The smallest absolute Gasteiger partial charge is 0.279 e. The Balaban J connectivity index is 2.39. The molecule has 1 aliphatic carbocycles. The van der Waals surface area contributed by atoms with Crippen molar-refractivity contribution in [1.82, 2.24) is 9.03 Å². The quantitative estimate of drug-likeness (QED) is 0.740. The van der Waals surface area contributed by atoms with Crippen LogP contribution in [0.25, 0.3) is 0 Å². The molecule has 0 aliphatic heterocycles. The average molecular weight is 263 g/mol. The molecule has 0 spiro atoms. The lowest BCUT2D eigenvalue weighted by molar-refractivity contribution is 0.322. The highest BCUT2D eigenvalue weighted by Gasteiger charge is 2.22. The number of nitrogens with two attached hydrogens (primary N) is 1. The average Bonchev–Trinajstić information content (AvgIpc) is 2.29. The lowest BCUT2D eigenvalue weighted by Crippen LogP contribution is -2.43. The van der Waals surface area contributed by atoms with Crippen LogP contribution in [0.4, 0.5) is 0 Å².